The van der Waals surface area contributed by atoms with Crippen LogP contribution in [0.5, 0.6) is 0 Å². The molecule has 0 amide bonds. The first-order valence-electron chi connectivity index (χ1n) is 9.08. The molecular formula is C23H17ClN4S. The lowest BCUT2D eigenvalue weighted by molar-refractivity contribution is 0.714. The van der Waals surface area contributed by atoms with Gasteiger partial charge in [-0.25, -0.2) is 0 Å². The van der Waals surface area contributed by atoms with Crippen molar-refractivity contribution < 1.29 is 0 Å². The van der Waals surface area contributed by atoms with Gasteiger partial charge in [-0.05, 0) is 41.5 Å². The Bertz CT molecular complexity index is 1150. The van der Waals surface area contributed by atoms with Crippen molar-refractivity contribution in [3.8, 4) is 17.5 Å². The highest BCUT2D eigenvalue weighted by atomic mass is 35.5. The molecule has 6 heteroatoms. The summed E-state index contributed by atoms with van der Waals surface area (Å²) in [5.41, 5.74) is 3.80. The van der Waals surface area contributed by atoms with E-state index in [9.17, 15) is 5.26 Å². The van der Waals surface area contributed by atoms with Crippen molar-refractivity contribution >= 4 is 23.4 Å². The van der Waals surface area contributed by atoms with E-state index in [1.165, 1.54) is 5.56 Å². The Kier molecular flexibility index (Phi) is 5.95. The summed E-state index contributed by atoms with van der Waals surface area (Å²) in [6.07, 6.45) is 0. The second-order valence-corrected chi connectivity index (χ2v) is 7.82. The molecule has 0 aliphatic rings. The third kappa shape index (κ3) is 4.51. The predicted octanol–water partition coefficient (Wildman–Crippen LogP) is 5.81. The fourth-order valence-electron chi connectivity index (χ4n) is 3.01. The first-order chi connectivity index (χ1) is 14.2. The van der Waals surface area contributed by atoms with Crippen LogP contribution in [-0.4, -0.2) is 14.8 Å². The topological polar surface area (TPSA) is 54.5 Å². The SMILES string of the molecule is N#Cc1ccccc1CSc1nnc(-c2ccc(Cl)cc2)n1Cc1ccccc1. The van der Waals surface area contributed by atoms with Crippen LogP contribution in [0.2, 0.25) is 5.02 Å². The zero-order chi connectivity index (χ0) is 20.1. The average Bonchev–Trinajstić information content (AvgIpc) is 3.16. The van der Waals surface area contributed by atoms with Crippen LogP contribution in [0.1, 0.15) is 16.7 Å². The van der Waals surface area contributed by atoms with E-state index in [0.29, 0.717) is 22.9 Å². The molecule has 3 aromatic carbocycles. The van der Waals surface area contributed by atoms with Gasteiger partial charge in [-0.2, -0.15) is 5.26 Å². The lowest BCUT2D eigenvalue weighted by Gasteiger charge is -2.11. The molecule has 142 valence electrons. The molecule has 29 heavy (non-hydrogen) atoms. The Morgan fingerprint density at radius 3 is 2.38 bits per heavy atom. The molecule has 0 bridgehead atoms. The van der Waals surface area contributed by atoms with Crippen molar-refractivity contribution in [1.82, 2.24) is 14.8 Å². The van der Waals surface area contributed by atoms with Crippen molar-refractivity contribution in [1.29, 1.82) is 5.26 Å². The maximum Gasteiger partial charge on any atom is 0.192 e. The summed E-state index contributed by atoms with van der Waals surface area (Å²) < 4.78 is 2.11. The molecule has 0 unspecified atom stereocenters. The van der Waals surface area contributed by atoms with Crippen LogP contribution in [-0.2, 0) is 12.3 Å². The van der Waals surface area contributed by atoms with Gasteiger partial charge in [-0.3, -0.25) is 4.57 Å². The minimum absolute atomic E-state index is 0.650. The number of thioether (sulfide) groups is 1. The van der Waals surface area contributed by atoms with E-state index in [4.69, 9.17) is 11.6 Å². The second-order valence-electron chi connectivity index (χ2n) is 6.44. The van der Waals surface area contributed by atoms with Gasteiger partial charge in [0.05, 0.1) is 18.2 Å². The zero-order valence-electron chi connectivity index (χ0n) is 15.5. The largest absolute Gasteiger partial charge is 0.298 e. The molecule has 0 aliphatic carbocycles. The predicted molar refractivity (Wildman–Crippen MR) is 117 cm³/mol. The number of halogens is 1. The molecule has 4 aromatic rings. The van der Waals surface area contributed by atoms with Crippen LogP contribution < -0.4 is 0 Å². The summed E-state index contributed by atoms with van der Waals surface area (Å²) in [6, 6.07) is 27.7. The summed E-state index contributed by atoms with van der Waals surface area (Å²) in [7, 11) is 0. The standard InChI is InChI=1S/C23H17ClN4S/c24-21-12-10-18(11-13-21)22-26-27-23(28(22)15-17-6-2-1-3-7-17)29-16-20-9-5-4-8-19(20)14-25/h1-13H,15-16H2. The van der Waals surface area contributed by atoms with Gasteiger partial charge in [-0.1, -0.05) is 71.9 Å². The van der Waals surface area contributed by atoms with Gasteiger partial charge in [0, 0.05) is 16.3 Å². The molecule has 4 nitrogen and oxygen atoms in total. The summed E-state index contributed by atoms with van der Waals surface area (Å²) in [5.74, 6) is 1.44. The van der Waals surface area contributed by atoms with Crippen LogP contribution >= 0.6 is 23.4 Å². The van der Waals surface area contributed by atoms with Gasteiger partial charge in [0.15, 0.2) is 11.0 Å². The maximum absolute atomic E-state index is 9.34. The first-order valence-corrected chi connectivity index (χ1v) is 10.4. The Morgan fingerprint density at radius 2 is 1.62 bits per heavy atom. The Labute approximate surface area is 178 Å². The number of nitriles is 1. The Hall–Kier alpha value is -3.07. The minimum Gasteiger partial charge on any atom is -0.298 e. The number of hydrogen-bond acceptors (Lipinski definition) is 4. The monoisotopic (exact) mass is 416 g/mol. The molecular weight excluding hydrogens is 400 g/mol. The van der Waals surface area contributed by atoms with E-state index in [1.807, 2.05) is 66.7 Å². The number of nitrogens with zero attached hydrogens (tertiary/aromatic N) is 4. The van der Waals surface area contributed by atoms with Crippen LogP contribution in [0.15, 0.2) is 84.0 Å². The fraction of sp³-hybridized carbons (Fsp3) is 0.0870. The highest BCUT2D eigenvalue weighted by Gasteiger charge is 2.15. The maximum atomic E-state index is 9.34. The number of benzene rings is 3. The number of hydrogen-bond donors (Lipinski definition) is 0. The second kappa shape index (κ2) is 8.95. The van der Waals surface area contributed by atoms with Crippen molar-refractivity contribution in [2.24, 2.45) is 0 Å². The number of aromatic nitrogens is 3. The van der Waals surface area contributed by atoms with Crippen LogP contribution in [0.4, 0.5) is 0 Å². The van der Waals surface area contributed by atoms with E-state index in [0.717, 1.165) is 22.1 Å². The quantitative estimate of drug-likeness (QED) is 0.372. The third-order valence-electron chi connectivity index (χ3n) is 4.50. The summed E-state index contributed by atoms with van der Waals surface area (Å²) in [6.45, 7) is 0.661. The van der Waals surface area contributed by atoms with Gasteiger partial charge < -0.3 is 0 Å². The van der Waals surface area contributed by atoms with E-state index in [-0.39, 0.29) is 0 Å². The first kappa shape index (κ1) is 19.3. The van der Waals surface area contributed by atoms with Gasteiger partial charge in [0.1, 0.15) is 0 Å². The van der Waals surface area contributed by atoms with E-state index in [2.05, 4.69) is 33.0 Å². The third-order valence-corrected chi connectivity index (χ3v) is 5.76. The molecule has 0 saturated heterocycles. The molecule has 0 aliphatic heterocycles. The normalized spacial score (nSPS) is 10.6. The Balaban J connectivity index is 1.67. The molecule has 1 aromatic heterocycles. The molecule has 0 N–H and O–H groups in total. The van der Waals surface area contributed by atoms with E-state index >= 15 is 0 Å². The molecule has 0 spiro atoms. The molecule has 1 heterocycles. The van der Waals surface area contributed by atoms with Gasteiger partial charge >= 0.3 is 0 Å². The zero-order valence-corrected chi connectivity index (χ0v) is 17.1. The summed E-state index contributed by atoms with van der Waals surface area (Å²) >= 11 is 7.63. The van der Waals surface area contributed by atoms with Crippen LogP contribution in [0.25, 0.3) is 11.4 Å². The Morgan fingerprint density at radius 1 is 0.897 bits per heavy atom. The lowest BCUT2D eigenvalue weighted by atomic mass is 10.1. The summed E-state index contributed by atoms with van der Waals surface area (Å²) in [4.78, 5) is 0. The van der Waals surface area contributed by atoms with Crippen molar-refractivity contribution in [3.63, 3.8) is 0 Å². The molecule has 4 rings (SSSR count). The van der Waals surface area contributed by atoms with E-state index < -0.39 is 0 Å². The summed E-state index contributed by atoms with van der Waals surface area (Å²) in [5, 5.41) is 19.7. The number of rotatable bonds is 6. The smallest absolute Gasteiger partial charge is 0.192 e. The highest BCUT2D eigenvalue weighted by molar-refractivity contribution is 7.98. The van der Waals surface area contributed by atoms with Crippen molar-refractivity contribution in [2.75, 3.05) is 0 Å². The lowest BCUT2D eigenvalue weighted by Crippen LogP contribution is -2.04. The fourth-order valence-corrected chi connectivity index (χ4v) is 4.08. The molecule has 0 saturated carbocycles. The molecule has 0 atom stereocenters. The minimum atomic E-state index is 0.650. The highest BCUT2D eigenvalue weighted by Crippen LogP contribution is 2.28. The van der Waals surface area contributed by atoms with Gasteiger partial charge in [0.25, 0.3) is 0 Å². The average molecular weight is 417 g/mol. The molecule has 0 fully saturated rings. The van der Waals surface area contributed by atoms with Crippen LogP contribution in [0, 0.1) is 11.3 Å². The van der Waals surface area contributed by atoms with Gasteiger partial charge in [0.2, 0.25) is 0 Å². The molecule has 0 radical (unpaired) electrons. The van der Waals surface area contributed by atoms with Crippen molar-refractivity contribution in [3.05, 3.63) is 101 Å². The van der Waals surface area contributed by atoms with E-state index in [1.54, 1.807) is 11.8 Å². The van der Waals surface area contributed by atoms with Gasteiger partial charge in [-0.15, -0.1) is 10.2 Å². The van der Waals surface area contributed by atoms with Crippen molar-refractivity contribution in [2.45, 2.75) is 17.5 Å². The van der Waals surface area contributed by atoms with Crippen LogP contribution in [0.3, 0.4) is 0 Å².